The van der Waals surface area contributed by atoms with E-state index >= 15 is 0 Å². The number of hydrogen-bond donors (Lipinski definition) is 3. The van der Waals surface area contributed by atoms with E-state index in [2.05, 4.69) is 10.3 Å². The minimum atomic E-state index is -1.52. The lowest BCUT2D eigenvalue weighted by molar-refractivity contribution is -0.145. The first kappa shape index (κ1) is 17.7. The summed E-state index contributed by atoms with van der Waals surface area (Å²) in [5.74, 6) is -1.18. The van der Waals surface area contributed by atoms with Gasteiger partial charge in [0, 0.05) is 12.1 Å². The second kappa shape index (κ2) is 6.64. The highest BCUT2D eigenvalue weighted by molar-refractivity contribution is 5.84. The number of rotatable bonds is 5. The molecule has 1 heterocycles. The fourth-order valence-corrected chi connectivity index (χ4v) is 1.87. The molecule has 1 aromatic rings. The molecular formula is C15H22N2O5. The van der Waals surface area contributed by atoms with Gasteiger partial charge in [0.25, 0.3) is 0 Å². The second-order valence-corrected chi connectivity index (χ2v) is 6.05. The van der Waals surface area contributed by atoms with E-state index in [1.165, 1.54) is 18.3 Å². The number of carboxylic acid groups (broad SMARTS) is 1. The van der Waals surface area contributed by atoms with Crippen LogP contribution in [0.4, 0.5) is 4.79 Å². The number of carboxylic acids is 1. The van der Waals surface area contributed by atoms with Gasteiger partial charge in [0.15, 0.2) is 0 Å². The molecule has 0 bridgehead atoms. The first-order chi connectivity index (χ1) is 10.1. The van der Waals surface area contributed by atoms with E-state index in [4.69, 9.17) is 4.74 Å². The highest BCUT2D eigenvalue weighted by atomic mass is 16.6. The zero-order valence-electron chi connectivity index (χ0n) is 13.2. The molecule has 7 nitrogen and oxygen atoms in total. The standard InChI is InChI=1S/C15H22N2O5/c1-5-15(12(19)20,17-13(21)22-14(2,3)4)8-10-6-7-11(18)9-16-10/h6-7,9,18H,5,8H2,1-4H3,(H,17,21)(H,19,20). The number of aliphatic carboxylic acids is 1. The molecule has 7 heteroatoms. The lowest BCUT2D eigenvalue weighted by Gasteiger charge is -2.30. The number of ether oxygens (including phenoxy) is 1. The predicted molar refractivity (Wildman–Crippen MR) is 79.6 cm³/mol. The molecule has 1 unspecified atom stereocenters. The average molecular weight is 310 g/mol. The second-order valence-electron chi connectivity index (χ2n) is 6.05. The fourth-order valence-electron chi connectivity index (χ4n) is 1.87. The van der Waals surface area contributed by atoms with E-state index in [-0.39, 0.29) is 18.6 Å². The monoisotopic (exact) mass is 310 g/mol. The van der Waals surface area contributed by atoms with Gasteiger partial charge in [-0.3, -0.25) is 4.98 Å². The molecule has 122 valence electrons. The van der Waals surface area contributed by atoms with Crippen molar-refractivity contribution in [3.8, 4) is 5.75 Å². The summed E-state index contributed by atoms with van der Waals surface area (Å²) in [6.45, 7) is 6.75. The Morgan fingerprint density at radius 1 is 1.32 bits per heavy atom. The molecule has 0 fully saturated rings. The minimum absolute atomic E-state index is 0.0127. The van der Waals surface area contributed by atoms with Crippen molar-refractivity contribution in [1.82, 2.24) is 10.3 Å². The Balaban J connectivity index is 2.97. The summed E-state index contributed by atoms with van der Waals surface area (Å²) in [6, 6.07) is 2.93. The van der Waals surface area contributed by atoms with E-state index in [0.29, 0.717) is 5.69 Å². The van der Waals surface area contributed by atoms with Gasteiger partial charge in [-0.1, -0.05) is 6.92 Å². The molecule has 1 amide bonds. The van der Waals surface area contributed by atoms with E-state index in [9.17, 15) is 19.8 Å². The number of aromatic nitrogens is 1. The predicted octanol–water partition coefficient (Wildman–Crippen LogP) is 2.09. The molecule has 3 N–H and O–H groups in total. The molecular weight excluding hydrogens is 288 g/mol. The molecule has 0 spiro atoms. The molecule has 0 aliphatic heterocycles. The van der Waals surface area contributed by atoms with Gasteiger partial charge in [0.05, 0.1) is 6.20 Å². The number of carbonyl (C=O) groups excluding carboxylic acids is 1. The van der Waals surface area contributed by atoms with Gasteiger partial charge in [-0.25, -0.2) is 9.59 Å². The van der Waals surface area contributed by atoms with Crippen molar-refractivity contribution in [3.63, 3.8) is 0 Å². The van der Waals surface area contributed by atoms with Crippen LogP contribution in [0.5, 0.6) is 5.75 Å². The largest absolute Gasteiger partial charge is 0.506 e. The molecule has 0 radical (unpaired) electrons. The number of hydrogen-bond acceptors (Lipinski definition) is 5. The summed E-state index contributed by atoms with van der Waals surface area (Å²) in [7, 11) is 0. The van der Waals surface area contributed by atoms with Gasteiger partial charge in [0.2, 0.25) is 0 Å². The molecule has 0 saturated carbocycles. The molecule has 0 aliphatic rings. The quantitative estimate of drug-likeness (QED) is 0.768. The Hall–Kier alpha value is -2.31. The first-order valence-corrected chi connectivity index (χ1v) is 6.96. The van der Waals surface area contributed by atoms with Crippen molar-refractivity contribution < 1.29 is 24.5 Å². The molecule has 1 atom stereocenters. The third kappa shape index (κ3) is 4.91. The van der Waals surface area contributed by atoms with Crippen molar-refractivity contribution in [2.75, 3.05) is 0 Å². The summed E-state index contributed by atoms with van der Waals surface area (Å²) in [5, 5.41) is 21.2. The van der Waals surface area contributed by atoms with Gasteiger partial charge in [-0.05, 0) is 39.3 Å². The maximum atomic E-state index is 11.9. The van der Waals surface area contributed by atoms with Gasteiger partial charge < -0.3 is 20.3 Å². The lowest BCUT2D eigenvalue weighted by Crippen LogP contribution is -2.56. The van der Waals surface area contributed by atoms with Gasteiger partial charge in [-0.2, -0.15) is 0 Å². The highest BCUT2D eigenvalue weighted by Crippen LogP contribution is 2.19. The van der Waals surface area contributed by atoms with Crippen LogP contribution in [0.3, 0.4) is 0 Å². The maximum absolute atomic E-state index is 11.9. The van der Waals surface area contributed by atoms with Gasteiger partial charge >= 0.3 is 12.1 Å². The molecule has 1 rings (SSSR count). The van der Waals surface area contributed by atoms with Crippen LogP contribution in [0.15, 0.2) is 18.3 Å². The number of pyridine rings is 1. The third-order valence-corrected chi connectivity index (χ3v) is 3.05. The van der Waals surface area contributed by atoms with Crippen molar-refractivity contribution in [1.29, 1.82) is 0 Å². The van der Waals surface area contributed by atoms with E-state index in [0.717, 1.165) is 0 Å². The number of carbonyl (C=O) groups is 2. The van der Waals surface area contributed by atoms with Crippen molar-refractivity contribution in [2.45, 2.75) is 51.7 Å². The van der Waals surface area contributed by atoms with Crippen LogP contribution in [0.1, 0.15) is 39.8 Å². The summed E-state index contributed by atoms with van der Waals surface area (Å²) >= 11 is 0. The van der Waals surface area contributed by atoms with Crippen LogP contribution in [-0.2, 0) is 16.0 Å². The highest BCUT2D eigenvalue weighted by Gasteiger charge is 2.40. The minimum Gasteiger partial charge on any atom is -0.506 e. The van der Waals surface area contributed by atoms with Crippen molar-refractivity contribution in [3.05, 3.63) is 24.0 Å². The van der Waals surface area contributed by atoms with E-state index in [1.54, 1.807) is 27.7 Å². The number of amides is 1. The number of nitrogens with one attached hydrogen (secondary N) is 1. The first-order valence-electron chi connectivity index (χ1n) is 6.96. The zero-order valence-corrected chi connectivity index (χ0v) is 13.2. The number of alkyl carbamates (subject to hydrolysis) is 1. The fraction of sp³-hybridized carbons (Fsp3) is 0.533. The van der Waals surface area contributed by atoms with Crippen LogP contribution in [0.25, 0.3) is 0 Å². The summed E-state index contributed by atoms with van der Waals surface area (Å²) < 4.78 is 5.13. The summed E-state index contributed by atoms with van der Waals surface area (Å²) in [4.78, 5) is 27.6. The van der Waals surface area contributed by atoms with E-state index < -0.39 is 23.2 Å². The normalized spacial score (nSPS) is 14.0. The van der Waals surface area contributed by atoms with Crippen LogP contribution < -0.4 is 5.32 Å². The van der Waals surface area contributed by atoms with Crippen LogP contribution in [0.2, 0.25) is 0 Å². The van der Waals surface area contributed by atoms with Crippen LogP contribution in [0, 0.1) is 0 Å². The Morgan fingerprint density at radius 2 is 1.95 bits per heavy atom. The Bertz CT molecular complexity index is 536. The van der Waals surface area contributed by atoms with Crippen LogP contribution in [-0.4, -0.2) is 38.4 Å². The third-order valence-electron chi connectivity index (χ3n) is 3.05. The topological polar surface area (TPSA) is 109 Å². The number of nitrogens with zero attached hydrogens (tertiary/aromatic N) is 1. The average Bonchev–Trinajstić information content (AvgIpc) is 2.38. The molecule has 0 aromatic carbocycles. The maximum Gasteiger partial charge on any atom is 0.408 e. The summed E-state index contributed by atoms with van der Waals surface area (Å²) in [6.07, 6.45) is 0.573. The zero-order chi connectivity index (χ0) is 17.0. The molecule has 22 heavy (non-hydrogen) atoms. The van der Waals surface area contributed by atoms with Gasteiger partial charge in [-0.15, -0.1) is 0 Å². The van der Waals surface area contributed by atoms with Gasteiger partial charge in [0.1, 0.15) is 16.9 Å². The molecule has 0 aliphatic carbocycles. The van der Waals surface area contributed by atoms with E-state index in [1.807, 2.05) is 0 Å². The smallest absolute Gasteiger partial charge is 0.408 e. The summed E-state index contributed by atoms with van der Waals surface area (Å²) in [5.41, 5.74) is -1.80. The lowest BCUT2D eigenvalue weighted by atomic mass is 9.90. The van der Waals surface area contributed by atoms with Crippen molar-refractivity contribution >= 4 is 12.1 Å². The Labute approximate surface area is 129 Å². The Morgan fingerprint density at radius 3 is 2.36 bits per heavy atom. The SMILES string of the molecule is CCC(Cc1ccc(O)cn1)(NC(=O)OC(C)(C)C)C(=O)O. The van der Waals surface area contributed by atoms with Crippen LogP contribution >= 0.6 is 0 Å². The Kier molecular flexibility index (Phi) is 5.35. The molecule has 1 aromatic heterocycles. The molecule has 0 saturated heterocycles. The van der Waals surface area contributed by atoms with Crippen molar-refractivity contribution in [2.24, 2.45) is 0 Å². The number of aromatic hydroxyl groups is 1.